The Morgan fingerprint density at radius 3 is 2.34 bits per heavy atom. The van der Waals surface area contributed by atoms with Gasteiger partial charge in [0.15, 0.2) is 5.76 Å². The fourth-order valence-electron chi connectivity index (χ4n) is 3.91. The minimum absolute atomic E-state index is 0.232. The number of anilines is 2. The Kier molecular flexibility index (Phi) is 6.59. The van der Waals surface area contributed by atoms with Crippen LogP contribution < -0.4 is 16.0 Å². The van der Waals surface area contributed by atoms with Crippen molar-refractivity contribution in [1.29, 1.82) is 0 Å². The van der Waals surface area contributed by atoms with E-state index in [-0.39, 0.29) is 17.8 Å². The molecule has 1 aliphatic carbocycles. The number of carboxylic acid groups (broad SMARTS) is 1. The molecule has 0 spiro atoms. The summed E-state index contributed by atoms with van der Waals surface area (Å²) in [6.45, 7) is 4.85. The Bertz CT molecular complexity index is 1270. The zero-order chi connectivity index (χ0) is 25.2. The predicted octanol–water partition coefficient (Wildman–Crippen LogP) is 4.70. The number of hydrogen-bond acceptors (Lipinski definition) is 5. The van der Waals surface area contributed by atoms with Gasteiger partial charge < -0.3 is 25.5 Å². The second-order valence-electron chi connectivity index (χ2n) is 9.14. The first-order chi connectivity index (χ1) is 16.7. The summed E-state index contributed by atoms with van der Waals surface area (Å²) in [5, 5.41) is 17.6. The third-order valence-corrected chi connectivity index (χ3v) is 6.46. The number of aliphatic carboxylic acids is 1. The number of nitrogens with zero attached hydrogens (tertiary/aromatic N) is 1. The number of fused-ring (bicyclic) bond motifs is 1. The number of amides is 3. The Hall–Kier alpha value is -4.14. The van der Waals surface area contributed by atoms with Gasteiger partial charge in [-0.1, -0.05) is 19.9 Å². The molecule has 0 unspecified atom stereocenters. The van der Waals surface area contributed by atoms with Gasteiger partial charge in [0.05, 0.1) is 6.20 Å². The summed E-state index contributed by atoms with van der Waals surface area (Å²) < 4.78 is 5.56. The summed E-state index contributed by atoms with van der Waals surface area (Å²) in [5.74, 6) is -2.10. The van der Waals surface area contributed by atoms with Gasteiger partial charge in [0, 0.05) is 16.9 Å². The molecule has 2 aromatic carbocycles. The van der Waals surface area contributed by atoms with Crippen molar-refractivity contribution in [3.05, 3.63) is 65.7 Å². The van der Waals surface area contributed by atoms with E-state index in [0.717, 1.165) is 24.9 Å². The fraction of sp³-hybridized carbons (Fsp3) is 0.308. The van der Waals surface area contributed by atoms with Crippen LogP contribution in [-0.2, 0) is 17.6 Å². The van der Waals surface area contributed by atoms with Gasteiger partial charge in [-0.3, -0.25) is 4.79 Å². The maximum absolute atomic E-state index is 12.5. The second kappa shape index (κ2) is 9.61. The monoisotopic (exact) mass is 476 g/mol. The quantitative estimate of drug-likeness (QED) is 0.390. The van der Waals surface area contributed by atoms with Gasteiger partial charge in [-0.05, 0) is 79.6 Å². The van der Waals surface area contributed by atoms with Crippen LogP contribution in [0.4, 0.5) is 16.2 Å². The molecule has 0 saturated heterocycles. The average molecular weight is 477 g/mol. The average Bonchev–Trinajstić information content (AvgIpc) is 3.49. The topological polar surface area (TPSA) is 134 Å². The van der Waals surface area contributed by atoms with Gasteiger partial charge in [-0.15, -0.1) is 0 Å². The highest BCUT2D eigenvalue weighted by Gasteiger charge is 2.39. The summed E-state index contributed by atoms with van der Waals surface area (Å²) in [6.07, 6.45) is 4.67. The molecule has 3 amide bonds. The standard InChI is InChI=1S/C26H28N4O5/c1-15(2)26(3,24(32)33)30-22(31)23-27-14-21(35-23)17-8-10-19(11-9-17)28-25(34)29-20-12-7-16-5-4-6-18(16)13-20/h7-15H,4-6H2,1-3H3,(H,30,31)(H,32,33)(H2,28,29,34)/t26-/m0/s1. The number of aryl methyl sites for hydroxylation is 2. The van der Waals surface area contributed by atoms with Crippen molar-refractivity contribution < 1.29 is 23.9 Å². The number of carboxylic acids is 1. The normalized spacial score (nSPS) is 14.2. The van der Waals surface area contributed by atoms with Crippen LogP contribution in [0.25, 0.3) is 11.3 Å². The lowest BCUT2D eigenvalue weighted by Gasteiger charge is -2.29. The highest BCUT2D eigenvalue weighted by Crippen LogP contribution is 2.26. The highest BCUT2D eigenvalue weighted by molar-refractivity contribution is 6.00. The molecule has 4 rings (SSSR count). The van der Waals surface area contributed by atoms with Crippen LogP contribution in [0.1, 0.15) is 49.0 Å². The molecular formula is C26H28N4O5. The number of carbonyl (C=O) groups excluding carboxylic acids is 2. The van der Waals surface area contributed by atoms with E-state index >= 15 is 0 Å². The molecule has 0 fully saturated rings. The Morgan fingerprint density at radius 1 is 1.00 bits per heavy atom. The fourth-order valence-corrected chi connectivity index (χ4v) is 3.91. The number of hydrogen-bond donors (Lipinski definition) is 4. The largest absolute Gasteiger partial charge is 0.480 e. The van der Waals surface area contributed by atoms with Crippen molar-refractivity contribution >= 4 is 29.3 Å². The number of nitrogens with one attached hydrogen (secondary N) is 3. The summed E-state index contributed by atoms with van der Waals surface area (Å²) in [4.78, 5) is 40.5. The number of benzene rings is 2. The van der Waals surface area contributed by atoms with E-state index in [0.29, 0.717) is 17.0 Å². The molecule has 182 valence electrons. The van der Waals surface area contributed by atoms with Gasteiger partial charge in [-0.2, -0.15) is 0 Å². The maximum Gasteiger partial charge on any atom is 0.329 e. The van der Waals surface area contributed by atoms with Gasteiger partial charge in [0.1, 0.15) is 5.54 Å². The van der Waals surface area contributed by atoms with E-state index in [1.54, 1.807) is 38.1 Å². The van der Waals surface area contributed by atoms with Crippen LogP contribution in [0.2, 0.25) is 0 Å². The summed E-state index contributed by atoms with van der Waals surface area (Å²) in [7, 11) is 0. The lowest BCUT2D eigenvalue weighted by molar-refractivity contribution is -0.145. The van der Waals surface area contributed by atoms with E-state index in [1.807, 2.05) is 12.1 Å². The van der Waals surface area contributed by atoms with Gasteiger partial charge in [-0.25, -0.2) is 14.6 Å². The van der Waals surface area contributed by atoms with Crippen molar-refractivity contribution in [2.24, 2.45) is 5.92 Å². The zero-order valence-electron chi connectivity index (χ0n) is 19.8. The van der Waals surface area contributed by atoms with E-state index in [2.05, 4.69) is 27.0 Å². The van der Waals surface area contributed by atoms with Crippen LogP contribution >= 0.6 is 0 Å². The Balaban J connectivity index is 1.38. The highest BCUT2D eigenvalue weighted by atomic mass is 16.4. The SMILES string of the molecule is CC(C)[C@](C)(NC(=O)c1ncc(-c2ccc(NC(=O)Nc3ccc4c(c3)CCC4)cc2)o1)C(=O)O. The van der Waals surface area contributed by atoms with Crippen molar-refractivity contribution in [2.45, 2.75) is 45.6 Å². The Morgan fingerprint density at radius 2 is 1.66 bits per heavy atom. The number of oxazole rings is 1. The van der Waals surface area contributed by atoms with Crippen molar-refractivity contribution in [2.75, 3.05) is 10.6 Å². The molecule has 9 nitrogen and oxygen atoms in total. The molecule has 9 heteroatoms. The summed E-state index contributed by atoms with van der Waals surface area (Å²) in [5.41, 5.74) is 3.15. The lowest BCUT2D eigenvalue weighted by atomic mass is 9.88. The molecule has 3 aromatic rings. The third kappa shape index (κ3) is 5.18. The van der Waals surface area contributed by atoms with Crippen molar-refractivity contribution in [3.63, 3.8) is 0 Å². The number of urea groups is 1. The molecule has 1 atom stereocenters. The molecule has 1 aliphatic rings. The van der Waals surface area contributed by atoms with Gasteiger partial charge in [0.25, 0.3) is 5.89 Å². The van der Waals surface area contributed by atoms with Gasteiger partial charge >= 0.3 is 17.9 Å². The summed E-state index contributed by atoms with van der Waals surface area (Å²) >= 11 is 0. The van der Waals surface area contributed by atoms with Crippen molar-refractivity contribution in [1.82, 2.24) is 10.3 Å². The zero-order valence-corrected chi connectivity index (χ0v) is 19.8. The summed E-state index contributed by atoms with van der Waals surface area (Å²) in [6, 6.07) is 12.5. The van der Waals surface area contributed by atoms with E-state index in [1.165, 1.54) is 24.2 Å². The van der Waals surface area contributed by atoms with E-state index in [4.69, 9.17) is 4.42 Å². The van der Waals surface area contributed by atoms with Crippen LogP contribution in [0, 0.1) is 5.92 Å². The van der Waals surface area contributed by atoms with Crippen LogP contribution in [0.5, 0.6) is 0 Å². The smallest absolute Gasteiger partial charge is 0.329 e. The molecule has 1 aromatic heterocycles. The van der Waals surface area contributed by atoms with E-state index < -0.39 is 17.4 Å². The number of carbonyl (C=O) groups is 3. The molecule has 0 radical (unpaired) electrons. The third-order valence-electron chi connectivity index (χ3n) is 6.46. The first kappa shape index (κ1) is 24.0. The van der Waals surface area contributed by atoms with Crippen molar-refractivity contribution in [3.8, 4) is 11.3 Å². The molecule has 4 N–H and O–H groups in total. The lowest BCUT2D eigenvalue weighted by Crippen LogP contribution is -2.55. The first-order valence-corrected chi connectivity index (χ1v) is 11.5. The molecule has 0 aliphatic heterocycles. The maximum atomic E-state index is 12.5. The van der Waals surface area contributed by atoms with Gasteiger partial charge in [0.2, 0.25) is 0 Å². The minimum atomic E-state index is -1.46. The molecule has 0 saturated carbocycles. The number of rotatable bonds is 7. The first-order valence-electron chi connectivity index (χ1n) is 11.5. The predicted molar refractivity (Wildman–Crippen MR) is 131 cm³/mol. The molecule has 0 bridgehead atoms. The Labute approximate surface area is 202 Å². The van der Waals surface area contributed by atoms with Crippen LogP contribution in [0.3, 0.4) is 0 Å². The van der Waals surface area contributed by atoms with Crippen LogP contribution in [0.15, 0.2) is 53.1 Å². The molecule has 1 heterocycles. The molecular weight excluding hydrogens is 448 g/mol. The second-order valence-corrected chi connectivity index (χ2v) is 9.14. The number of aromatic nitrogens is 1. The molecule has 35 heavy (non-hydrogen) atoms. The van der Waals surface area contributed by atoms with E-state index in [9.17, 15) is 19.5 Å². The minimum Gasteiger partial charge on any atom is -0.480 e. The van der Waals surface area contributed by atoms with Crippen LogP contribution in [-0.4, -0.2) is 33.5 Å².